The lowest BCUT2D eigenvalue weighted by Crippen LogP contribution is -2.31. The molecule has 1 aliphatic rings. The molecule has 2 rings (SSSR count). The second kappa shape index (κ2) is 5.88. The monoisotopic (exact) mass is 319 g/mol. The van der Waals surface area contributed by atoms with Gasteiger partial charge in [-0.2, -0.15) is 13.2 Å². The lowest BCUT2D eigenvalue weighted by atomic mass is 9.90. The van der Waals surface area contributed by atoms with Crippen LogP contribution in [0.1, 0.15) is 18.9 Å². The molecular weight excluding hydrogens is 303 g/mol. The van der Waals surface area contributed by atoms with Crippen molar-refractivity contribution >= 4 is 17.7 Å². The van der Waals surface area contributed by atoms with Crippen molar-refractivity contribution in [2.24, 2.45) is 5.41 Å². The van der Waals surface area contributed by atoms with E-state index in [1.165, 1.54) is 12.1 Å². The van der Waals surface area contributed by atoms with Crippen LogP contribution in [0.15, 0.2) is 29.2 Å². The van der Waals surface area contributed by atoms with Crippen LogP contribution in [0.4, 0.5) is 13.2 Å². The molecule has 0 spiro atoms. The van der Waals surface area contributed by atoms with Crippen molar-refractivity contribution in [2.75, 3.05) is 13.1 Å². The highest BCUT2D eigenvalue weighted by Gasteiger charge is 2.40. The number of benzene rings is 1. The number of carbonyl (C=O) groups is 1. The summed E-state index contributed by atoms with van der Waals surface area (Å²) >= 11 is -0.135. The summed E-state index contributed by atoms with van der Waals surface area (Å²) in [5.41, 5.74) is -4.12. The molecule has 1 aromatic rings. The summed E-state index contributed by atoms with van der Waals surface area (Å²) in [5, 5.41) is 9.16. The van der Waals surface area contributed by atoms with Crippen LogP contribution in [0.5, 0.6) is 0 Å². The molecule has 1 saturated heterocycles. The Kier molecular flexibility index (Phi) is 4.53. The maximum Gasteiger partial charge on any atom is 0.446 e. The van der Waals surface area contributed by atoms with Crippen LogP contribution in [0, 0.1) is 5.41 Å². The van der Waals surface area contributed by atoms with E-state index in [0.717, 1.165) is 5.56 Å². The minimum atomic E-state index is -4.28. The normalized spacial score (nSPS) is 23.4. The number of halogens is 3. The first-order chi connectivity index (χ1) is 9.68. The molecule has 0 aliphatic carbocycles. The number of rotatable bonds is 4. The number of aliphatic carboxylic acids is 1. The second-order valence-electron chi connectivity index (χ2n) is 5.52. The van der Waals surface area contributed by atoms with E-state index < -0.39 is 16.9 Å². The van der Waals surface area contributed by atoms with E-state index in [9.17, 15) is 18.0 Å². The van der Waals surface area contributed by atoms with Gasteiger partial charge in [-0.05, 0) is 49.3 Å². The Bertz CT molecular complexity index is 518. The predicted octanol–water partition coefficient (Wildman–Crippen LogP) is 3.60. The van der Waals surface area contributed by atoms with Gasteiger partial charge in [0.15, 0.2) is 0 Å². The molecule has 0 radical (unpaired) electrons. The maximum absolute atomic E-state index is 12.2. The van der Waals surface area contributed by atoms with Gasteiger partial charge in [0.1, 0.15) is 0 Å². The van der Waals surface area contributed by atoms with E-state index in [1.54, 1.807) is 19.1 Å². The summed E-state index contributed by atoms with van der Waals surface area (Å²) in [6.07, 6.45) is 0.588. The summed E-state index contributed by atoms with van der Waals surface area (Å²) in [4.78, 5) is 13.3. The van der Waals surface area contributed by atoms with Gasteiger partial charge in [0.25, 0.3) is 0 Å². The number of hydrogen-bond acceptors (Lipinski definition) is 3. The number of alkyl halides is 3. The first kappa shape index (κ1) is 16.2. The molecule has 0 bridgehead atoms. The molecule has 1 aliphatic heterocycles. The van der Waals surface area contributed by atoms with E-state index in [2.05, 4.69) is 0 Å². The molecule has 3 nitrogen and oxygen atoms in total. The highest BCUT2D eigenvalue weighted by molar-refractivity contribution is 8.00. The molecule has 1 N–H and O–H groups in total. The van der Waals surface area contributed by atoms with Crippen LogP contribution in [-0.2, 0) is 11.3 Å². The maximum atomic E-state index is 12.2. The van der Waals surface area contributed by atoms with Crippen LogP contribution in [0.3, 0.4) is 0 Å². The third-order valence-corrected chi connectivity index (χ3v) is 4.37. The minimum Gasteiger partial charge on any atom is -0.481 e. The summed E-state index contributed by atoms with van der Waals surface area (Å²) in [5.74, 6) is -0.804. The van der Waals surface area contributed by atoms with Gasteiger partial charge in [-0.3, -0.25) is 9.69 Å². The van der Waals surface area contributed by atoms with Crippen molar-refractivity contribution in [3.63, 3.8) is 0 Å². The number of likely N-dealkylation sites (tertiary alicyclic amines) is 1. The molecule has 0 aromatic heterocycles. The quantitative estimate of drug-likeness (QED) is 0.861. The molecular formula is C14H16F3NO2S. The number of carboxylic acid groups (broad SMARTS) is 1. The van der Waals surface area contributed by atoms with Gasteiger partial charge in [0.05, 0.1) is 5.41 Å². The molecule has 1 unspecified atom stereocenters. The Morgan fingerprint density at radius 2 is 2.00 bits per heavy atom. The number of carboxylic acids is 1. The Morgan fingerprint density at radius 3 is 2.48 bits per heavy atom. The van der Waals surface area contributed by atoms with Gasteiger partial charge in [0, 0.05) is 18.0 Å². The fourth-order valence-electron chi connectivity index (χ4n) is 2.42. The zero-order chi connectivity index (χ0) is 15.7. The summed E-state index contributed by atoms with van der Waals surface area (Å²) in [6.45, 7) is 3.42. The summed E-state index contributed by atoms with van der Waals surface area (Å²) in [6, 6.07) is 6.20. The van der Waals surface area contributed by atoms with E-state index in [0.29, 0.717) is 26.1 Å². The molecule has 0 amide bonds. The van der Waals surface area contributed by atoms with Crippen molar-refractivity contribution in [2.45, 2.75) is 30.3 Å². The van der Waals surface area contributed by atoms with E-state index in [1.807, 2.05) is 4.90 Å². The van der Waals surface area contributed by atoms with Gasteiger partial charge in [-0.15, -0.1) is 0 Å². The largest absolute Gasteiger partial charge is 0.481 e. The Hall–Kier alpha value is -1.21. The van der Waals surface area contributed by atoms with Crippen molar-refractivity contribution in [1.29, 1.82) is 0 Å². The fourth-order valence-corrected chi connectivity index (χ4v) is 2.96. The van der Waals surface area contributed by atoms with Crippen LogP contribution in [0.25, 0.3) is 0 Å². The van der Waals surface area contributed by atoms with Crippen LogP contribution >= 0.6 is 11.8 Å². The SMILES string of the molecule is CC1(C(=O)O)CCN(Cc2ccc(SC(F)(F)F)cc2)C1. The molecule has 1 fully saturated rings. The third-order valence-electron chi connectivity index (χ3n) is 3.63. The van der Waals surface area contributed by atoms with Crippen molar-refractivity contribution in [3.8, 4) is 0 Å². The van der Waals surface area contributed by atoms with Gasteiger partial charge in [-0.1, -0.05) is 12.1 Å². The number of nitrogens with zero attached hydrogens (tertiary/aromatic N) is 1. The summed E-state index contributed by atoms with van der Waals surface area (Å²) < 4.78 is 36.7. The Balaban J connectivity index is 1.94. The number of hydrogen-bond donors (Lipinski definition) is 1. The topological polar surface area (TPSA) is 40.5 Å². The smallest absolute Gasteiger partial charge is 0.446 e. The van der Waals surface area contributed by atoms with Crippen LogP contribution in [-0.4, -0.2) is 34.6 Å². The van der Waals surface area contributed by atoms with Gasteiger partial charge in [0.2, 0.25) is 0 Å². The lowest BCUT2D eigenvalue weighted by Gasteiger charge is -2.20. The first-order valence-electron chi connectivity index (χ1n) is 6.48. The van der Waals surface area contributed by atoms with E-state index in [4.69, 9.17) is 5.11 Å². The molecule has 0 saturated carbocycles. The average Bonchev–Trinajstić information content (AvgIpc) is 2.73. The van der Waals surface area contributed by atoms with Crippen LogP contribution < -0.4 is 0 Å². The van der Waals surface area contributed by atoms with Crippen molar-refractivity contribution in [3.05, 3.63) is 29.8 Å². The Labute approximate surface area is 125 Å². The molecule has 1 heterocycles. The van der Waals surface area contributed by atoms with Crippen LogP contribution in [0.2, 0.25) is 0 Å². The summed E-state index contributed by atoms with van der Waals surface area (Å²) in [7, 11) is 0. The zero-order valence-electron chi connectivity index (χ0n) is 11.5. The van der Waals surface area contributed by atoms with E-state index >= 15 is 0 Å². The molecule has 21 heavy (non-hydrogen) atoms. The lowest BCUT2D eigenvalue weighted by molar-refractivity contribution is -0.147. The first-order valence-corrected chi connectivity index (χ1v) is 7.30. The third kappa shape index (κ3) is 4.38. The predicted molar refractivity (Wildman–Crippen MR) is 74.0 cm³/mol. The standard InChI is InChI=1S/C14H16F3NO2S/c1-13(12(19)20)6-7-18(9-13)8-10-2-4-11(5-3-10)21-14(15,16)17/h2-5H,6-9H2,1H3,(H,19,20). The fraction of sp³-hybridized carbons (Fsp3) is 0.500. The molecule has 116 valence electrons. The average molecular weight is 319 g/mol. The molecule has 1 aromatic carbocycles. The molecule has 7 heteroatoms. The van der Waals surface area contributed by atoms with Gasteiger partial charge in [-0.25, -0.2) is 0 Å². The molecule has 1 atom stereocenters. The van der Waals surface area contributed by atoms with Gasteiger partial charge < -0.3 is 5.11 Å². The number of thioether (sulfide) groups is 1. The minimum absolute atomic E-state index is 0.135. The highest BCUT2D eigenvalue weighted by Crippen LogP contribution is 2.37. The van der Waals surface area contributed by atoms with E-state index in [-0.39, 0.29) is 16.7 Å². The zero-order valence-corrected chi connectivity index (χ0v) is 12.3. The van der Waals surface area contributed by atoms with Crippen molar-refractivity contribution in [1.82, 2.24) is 4.90 Å². The highest BCUT2D eigenvalue weighted by atomic mass is 32.2. The Morgan fingerprint density at radius 1 is 1.38 bits per heavy atom. The van der Waals surface area contributed by atoms with Crippen molar-refractivity contribution < 1.29 is 23.1 Å². The van der Waals surface area contributed by atoms with Gasteiger partial charge >= 0.3 is 11.5 Å². The second-order valence-corrected chi connectivity index (χ2v) is 6.66.